The Balaban J connectivity index is 2.29. The quantitative estimate of drug-likeness (QED) is 0.753. The Kier molecular flexibility index (Phi) is 3.35. The lowest BCUT2D eigenvalue weighted by Gasteiger charge is -2.02. The fourth-order valence-electron chi connectivity index (χ4n) is 1.52. The first kappa shape index (κ1) is 11.8. The lowest BCUT2D eigenvalue weighted by atomic mass is 10.1. The lowest BCUT2D eigenvalue weighted by Crippen LogP contribution is -2.01. The van der Waals surface area contributed by atoms with Crippen LogP contribution in [0.15, 0.2) is 42.6 Å². The Morgan fingerprint density at radius 3 is 2.44 bits per heavy atom. The first-order valence-electron chi connectivity index (χ1n) is 5.29. The van der Waals surface area contributed by atoms with E-state index in [-0.39, 0.29) is 0 Å². The molecule has 0 amide bonds. The van der Waals surface area contributed by atoms with Gasteiger partial charge in [0.2, 0.25) is 0 Å². The summed E-state index contributed by atoms with van der Waals surface area (Å²) in [6, 6.07) is 12.5. The number of carbonyl (C=O) groups is 1. The number of esters is 1. The molecule has 2 aromatic rings. The van der Waals surface area contributed by atoms with Crippen LogP contribution >= 0.6 is 0 Å². The predicted molar refractivity (Wildman–Crippen MR) is 65.7 cm³/mol. The summed E-state index contributed by atoms with van der Waals surface area (Å²) in [5.41, 5.74) is 2.65. The molecule has 0 fully saturated rings. The monoisotopic (exact) mass is 238 g/mol. The number of ether oxygens (including phenoxy) is 1. The number of hydrogen-bond acceptors (Lipinski definition) is 4. The van der Waals surface area contributed by atoms with Crippen LogP contribution in [0.2, 0.25) is 0 Å². The van der Waals surface area contributed by atoms with E-state index in [1.165, 1.54) is 13.3 Å². The highest BCUT2D eigenvalue weighted by atomic mass is 16.5. The number of rotatable bonds is 2. The molecule has 0 aliphatic carbocycles. The number of hydrogen-bond donors (Lipinski definition) is 0. The Hall–Kier alpha value is -2.67. The molecule has 0 saturated heterocycles. The Labute approximate surface area is 104 Å². The van der Waals surface area contributed by atoms with Crippen molar-refractivity contribution in [2.45, 2.75) is 0 Å². The highest BCUT2D eigenvalue weighted by Crippen LogP contribution is 2.17. The van der Waals surface area contributed by atoms with Gasteiger partial charge in [-0.15, -0.1) is 0 Å². The number of methoxy groups -OCH3 is 1. The van der Waals surface area contributed by atoms with Gasteiger partial charge in [0.1, 0.15) is 0 Å². The molecule has 88 valence electrons. The van der Waals surface area contributed by atoms with Gasteiger partial charge >= 0.3 is 5.97 Å². The van der Waals surface area contributed by atoms with Crippen LogP contribution in [-0.2, 0) is 4.74 Å². The van der Waals surface area contributed by atoms with Crippen molar-refractivity contribution in [1.29, 1.82) is 5.26 Å². The van der Waals surface area contributed by atoms with E-state index >= 15 is 0 Å². The number of pyridine rings is 1. The minimum absolute atomic E-state index is 0.408. The third-order valence-electron chi connectivity index (χ3n) is 2.49. The second-order valence-corrected chi connectivity index (χ2v) is 3.61. The van der Waals surface area contributed by atoms with Crippen molar-refractivity contribution in [1.82, 2.24) is 4.98 Å². The van der Waals surface area contributed by atoms with Crippen LogP contribution in [0.4, 0.5) is 0 Å². The second kappa shape index (κ2) is 5.11. The van der Waals surface area contributed by atoms with Crippen molar-refractivity contribution in [3.63, 3.8) is 0 Å². The van der Waals surface area contributed by atoms with E-state index in [4.69, 9.17) is 5.26 Å². The number of carbonyl (C=O) groups excluding carboxylic acids is 1. The molecule has 0 radical (unpaired) electrons. The van der Waals surface area contributed by atoms with Crippen LogP contribution in [0.3, 0.4) is 0 Å². The molecule has 4 nitrogen and oxygen atoms in total. The zero-order chi connectivity index (χ0) is 13.0. The van der Waals surface area contributed by atoms with Crippen molar-refractivity contribution in [3.05, 3.63) is 53.7 Å². The summed E-state index contributed by atoms with van der Waals surface area (Å²) in [6.07, 6.45) is 1.47. The van der Waals surface area contributed by atoms with E-state index in [9.17, 15) is 4.79 Å². The maximum absolute atomic E-state index is 11.2. The third-order valence-corrected chi connectivity index (χ3v) is 2.49. The standard InChI is InChI=1S/C14H10N2O2/c1-18-14(17)12-6-7-13(16-9-12)11-4-2-10(8-15)3-5-11/h2-7,9H,1H3. The van der Waals surface area contributed by atoms with Gasteiger partial charge in [-0.2, -0.15) is 5.26 Å². The Morgan fingerprint density at radius 1 is 1.22 bits per heavy atom. The molecule has 1 aromatic heterocycles. The number of nitriles is 1. The molecular weight excluding hydrogens is 228 g/mol. The van der Waals surface area contributed by atoms with Crippen molar-refractivity contribution < 1.29 is 9.53 Å². The van der Waals surface area contributed by atoms with Crippen LogP contribution < -0.4 is 0 Å². The molecular formula is C14H10N2O2. The summed E-state index contributed by atoms with van der Waals surface area (Å²) in [6.45, 7) is 0. The molecule has 0 atom stereocenters. The normalized spacial score (nSPS) is 9.56. The summed E-state index contributed by atoms with van der Waals surface area (Å²) in [5.74, 6) is -0.408. The van der Waals surface area contributed by atoms with Crippen LogP contribution in [-0.4, -0.2) is 18.1 Å². The van der Waals surface area contributed by atoms with Crippen molar-refractivity contribution in [3.8, 4) is 17.3 Å². The zero-order valence-electron chi connectivity index (χ0n) is 9.75. The molecule has 18 heavy (non-hydrogen) atoms. The molecule has 0 saturated carbocycles. The van der Waals surface area contributed by atoms with Gasteiger partial charge in [-0.1, -0.05) is 12.1 Å². The van der Waals surface area contributed by atoms with Gasteiger partial charge in [-0.3, -0.25) is 4.98 Å². The topological polar surface area (TPSA) is 63.0 Å². The molecule has 0 N–H and O–H groups in total. The largest absolute Gasteiger partial charge is 0.465 e. The minimum atomic E-state index is -0.408. The van der Waals surface area contributed by atoms with E-state index in [1.54, 1.807) is 24.3 Å². The Morgan fingerprint density at radius 2 is 1.94 bits per heavy atom. The maximum Gasteiger partial charge on any atom is 0.339 e. The first-order valence-corrected chi connectivity index (χ1v) is 5.29. The van der Waals surface area contributed by atoms with Gasteiger partial charge in [0.15, 0.2) is 0 Å². The van der Waals surface area contributed by atoms with E-state index in [0.29, 0.717) is 11.1 Å². The lowest BCUT2D eigenvalue weighted by molar-refractivity contribution is 0.0600. The van der Waals surface area contributed by atoms with E-state index in [1.807, 2.05) is 12.1 Å². The molecule has 0 aliphatic rings. The van der Waals surface area contributed by atoms with Crippen LogP contribution in [0, 0.1) is 11.3 Å². The second-order valence-electron chi connectivity index (χ2n) is 3.61. The first-order chi connectivity index (χ1) is 8.74. The fraction of sp³-hybridized carbons (Fsp3) is 0.0714. The summed E-state index contributed by atoms with van der Waals surface area (Å²) >= 11 is 0. The van der Waals surface area contributed by atoms with Crippen molar-refractivity contribution >= 4 is 5.97 Å². The summed E-state index contributed by atoms with van der Waals surface area (Å²) < 4.78 is 4.60. The van der Waals surface area contributed by atoms with Gasteiger partial charge in [0.05, 0.1) is 30.0 Å². The fourth-order valence-corrected chi connectivity index (χ4v) is 1.52. The average Bonchev–Trinajstić information content (AvgIpc) is 2.47. The highest BCUT2D eigenvalue weighted by molar-refractivity contribution is 5.89. The molecule has 4 heteroatoms. The van der Waals surface area contributed by atoms with Crippen LogP contribution in [0.1, 0.15) is 15.9 Å². The molecule has 0 unspecified atom stereocenters. The van der Waals surface area contributed by atoms with E-state index in [2.05, 4.69) is 15.8 Å². The van der Waals surface area contributed by atoms with Crippen molar-refractivity contribution in [2.75, 3.05) is 7.11 Å². The van der Waals surface area contributed by atoms with Gasteiger partial charge in [-0.05, 0) is 24.3 Å². The predicted octanol–water partition coefficient (Wildman–Crippen LogP) is 2.41. The van der Waals surface area contributed by atoms with Crippen LogP contribution in [0.5, 0.6) is 0 Å². The summed E-state index contributed by atoms with van der Waals surface area (Å²) in [5, 5.41) is 8.71. The van der Waals surface area contributed by atoms with E-state index < -0.39 is 5.97 Å². The number of benzene rings is 1. The molecule has 2 rings (SSSR count). The van der Waals surface area contributed by atoms with Gasteiger partial charge in [-0.25, -0.2) is 4.79 Å². The Bertz CT molecular complexity index is 595. The third kappa shape index (κ3) is 2.36. The zero-order valence-corrected chi connectivity index (χ0v) is 9.75. The molecule has 0 aliphatic heterocycles. The summed E-state index contributed by atoms with van der Waals surface area (Å²) in [4.78, 5) is 15.4. The summed E-state index contributed by atoms with van der Waals surface area (Å²) in [7, 11) is 1.33. The van der Waals surface area contributed by atoms with Gasteiger partial charge < -0.3 is 4.74 Å². The highest BCUT2D eigenvalue weighted by Gasteiger charge is 2.06. The average molecular weight is 238 g/mol. The number of nitrogens with zero attached hydrogens (tertiary/aromatic N) is 2. The molecule has 0 spiro atoms. The number of aromatic nitrogens is 1. The SMILES string of the molecule is COC(=O)c1ccc(-c2ccc(C#N)cc2)nc1. The molecule has 0 bridgehead atoms. The van der Waals surface area contributed by atoms with Crippen molar-refractivity contribution in [2.24, 2.45) is 0 Å². The van der Waals surface area contributed by atoms with Gasteiger partial charge in [0.25, 0.3) is 0 Å². The van der Waals surface area contributed by atoms with Crippen LogP contribution in [0.25, 0.3) is 11.3 Å². The maximum atomic E-state index is 11.2. The smallest absolute Gasteiger partial charge is 0.339 e. The van der Waals surface area contributed by atoms with E-state index in [0.717, 1.165) is 11.3 Å². The minimum Gasteiger partial charge on any atom is -0.465 e. The molecule has 1 aromatic carbocycles. The van der Waals surface area contributed by atoms with Gasteiger partial charge in [0, 0.05) is 11.8 Å². The molecule has 1 heterocycles.